The molecule has 1 aromatic rings. The summed E-state index contributed by atoms with van der Waals surface area (Å²) < 4.78 is 5.36. The maximum absolute atomic E-state index is 12.3. The van der Waals surface area contributed by atoms with Gasteiger partial charge in [0.2, 0.25) is 5.91 Å². The number of carbonyl (C=O) groups excluding carboxylic acids is 1. The fourth-order valence-electron chi connectivity index (χ4n) is 3.19. The highest BCUT2D eigenvalue weighted by atomic mass is 35.5. The summed E-state index contributed by atoms with van der Waals surface area (Å²) in [5.41, 5.74) is 1.33. The van der Waals surface area contributed by atoms with Gasteiger partial charge < -0.3 is 15.4 Å². The van der Waals surface area contributed by atoms with E-state index >= 15 is 0 Å². The third kappa shape index (κ3) is 6.22. The van der Waals surface area contributed by atoms with Gasteiger partial charge in [-0.05, 0) is 24.9 Å². The first-order valence-corrected chi connectivity index (χ1v) is 8.19. The Morgan fingerprint density at radius 3 is 2.79 bits per heavy atom. The molecular weight excluding hydrogens is 349 g/mol. The minimum absolute atomic E-state index is 0. The van der Waals surface area contributed by atoms with Gasteiger partial charge in [-0.25, -0.2) is 0 Å². The van der Waals surface area contributed by atoms with Gasteiger partial charge in [-0.3, -0.25) is 9.69 Å². The Hall–Kier alpha value is -0.850. The van der Waals surface area contributed by atoms with Crippen molar-refractivity contribution in [3.8, 4) is 0 Å². The number of likely N-dealkylation sites (tertiary alicyclic amines) is 1. The Kier molecular flexibility index (Phi) is 9.63. The van der Waals surface area contributed by atoms with Crippen molar-refractivity contribution >= 4 is 30.7 Å². The second-order valence-corrected chi connectivity index (χ2v) is 6.15. The largest absolute Gasteiger partial charge is 0.378 e. The summed E-state index contributed by atoms with van der Waals surface area (Å²) in [5, 5.41) is 6.39. The van der Waals surface area contributed by atoms with E-state index in [0.717, 1.165) is 39.0 Å². The maximum Gasteiger partial charge on any atom is 0.239 e. The van der Waals surface area contributed by atoms with Crippen molar-refractivity contribution in [1.82, 2.24) is 15.5 Å². The fourth-order valence-corrected chi connectivity index (χ4v) is 3.19. The maximum atomic E-state index is 12.3. The average molecular weight is 376 g/mol. The van der Waals surface area contributed by atoms with Crippen LogP contribution in [0.4, 0.5) is 0 Å². The van der Waals surface area contributed by atoms with Gasteiger partial charge in [-0.1, -0.05) is 30.3 Å². The molecular formula is C17H27Cl2N3O2. The SMILES string of the molecule is Cl.Cl.O=C(NC1CCCN(Cc2ccccc2)C1)C1COCCN1. The van der Waals surface area contributed by atoms with E-state index in [1.165, 1.54) is 5.56 Å². The molecule has 0 bridgehead atoms. The molecule has 0 aromatic heterocycles. The predicted octanol–water partition coefficient (Wildman–Crippen LogP) is 1.60. The van der Waals surface area contributed by atoms with E-state index in [2.05, 4.69) is 39.8 Å². The summed E-state index contributed by atoms with van der Waals surface area (Å²) in [7, 11) is 0. The van der Waals surface area contributed by atoms with E-state index in [9.17, 15) is 4.79 Å². The van der Waals surface area contributed by atoms with E-state index in [4.69, 9.17) is 4.74 Å². The number of nitrogens with zero attached hydrogens (tertiary/aromatic N) is 1. The quantitative estimate of drug-likeness (QED) is 0.838. The third-order valence-electron chi connectivity index (χ3n) is 4.34. The van der Waals surface area contributed by atoms with Crippen molar-refractivity contribution < 1.29 is 9.53 Å². The molecule has 7 heteroatoms. The first-order valence-electron chi connectivity index (χ1n) is 8.19. The summed E-state index contributed by atoms with van der Waals surface area (Å²) in [6, 6.07) is 10.6. The average Bonchev–Trinajstić information content (AvgIpc) is 2.57. The standard InChI is InChI=1S/C17H25N3O2.2ClH/c21-17(16-13-22-10-8-18-16)19-15-7-4-9-20(12-15)11-14-5-2-1-3-6-14;;/h1-3,5-6,15-16,18H,4,7-13H2,(H,19,21);2*1H. The molecule has 2 saturated heterocycles. The molecule has 0 spiro atoms. The Balaban J connectivity index is 0.00000144. The molecule has 2 heterocycles. The molecule has 2 fully saturated rings. The highest BCUT2D eigenvalue weighted by Gasteiger charge is 2.26. The smallest absolute Gasteiger partial charge is 0.239 e. The molecule has 2 aliphatic rings. The van der Waals surface area contributed by atoms with Crippen molar-refractivity contribution in [2.24, 2.45) is 0 Å². The third-order valence-corrected chi connectivity index (χ3v) is 4.34. The molecule has 1 amide bonds. The van der Waals surface area contributed by atoms with E-state index < -0.39 is 0 Å². The molecule has 0 saturated carbocycles. The number of ether oxygens (including phenoxy) is 1. The van der Waals surface area contributed by atoms with E-state index in [-0.39, 0.29) is 42.8 Å². The van der Waals surface area contributed by atoms with Gasteiger partial charge in [0, 0.05) is 25.7 Å². The van der Waals surface area contributed by atoms with E-state index in [1.54, 1.807) is 0 Å². The van der Waals surface area contributed by atoms with Crippen LogP contribution >= 0.6 is 24.8 Å². The number of carbonyl (C=O) groups is 1. The lowest BCUT2D eigenvalue weighted by molar-refractivity contribution is -0.127. The van der Waals surface area contributed by atoms with Crippen LogP contribution in [-0.4, -0.2) is 55.7 Å². The summed E-state index contributed by atoms with van der Waals surface area (Å²) in [6.07, 6.45) is 2.19. The molecule has 24 heavy (non-hydrogen) atoms. The van der Waals surface area contributed by atoms with Gasteiger partial charge in [0.05, 0.1) is 13.2 Å². The summed E-state index contributed by atoms with van der Waals surface area (Å²) in [4.78, 5) is 14.7. The highest BCUT2D eigenvalue weighted by molar-refractivity contribution is 5.85. The number of hydrogen-bond acceptors (Lipinski definition) is 4. The molecule has 2 atom stereocenters. The number of morpholine rings is 1. The molecule has 5 nitrogen and oxygen atoms in total. The number of nitrogens with one attached hydrogen (secondary N) is 2. The first kappa shape index (κ1) is 21.2. The van der Waals surface area contributed by atoms with Gasteiger partial charge in [-0.2, -0.15) is 0 Å². The number of halogens is 2. The van der Waals surface area contributed by atoms with Gasteiger partial charge in [0.25, 0.3) is 0 Å². The number of rotatable bonds is 4. The minimum Gasteiger partial charge on any atom is -0.378 e. The van der Waals surface area contributed by atoms with Crippen molar-refractivity contribution in [3.05, 3.63) is 35.9 Å². The van der Waals surface area contributed by atoms with Crippen LogP contribution in [0, 0.1) is 0 Å². The molecule has 136 valence electrons. The summed E-state index contributed by atoms with van der Waals surface area (Å²) in [5.74, 6) is 0.0752. The Bertz CT molecular complexity index is 484. The van der Waals surface area contributed by atoms with Gasteiger partial charge >= 0.3 is 0 Å². The number of benzene rings is 1. The van der Waals surface area contributed by atoms with Crippen LogP contribution < -0.4 is 10.6 Å². The van der Waals surface area contributed by atoms with Crippen LogP contribution in [0.1, 0.15) is 18.4 Å². The lowest BCUT2D eigenvalue weighted by Crippen LogP contribution is -2.56. The van der Waals surface area contributed by atoms with Crippen LogP contribution in [0.15, 0.2) is 30.3 Å². The molecule has 0 radical (unpaired) electrons. The topological polar surface area (TPSA) is 53.6 Å². The molecule has 2 N–H and O–H groups in total. The van der Waals surface area contributed by atoms with Crippen LogP contribution in [-0.2, 0) is 16.1 Å². The molecule has 2 aliphatic heterocycles. The van der Waals surface area contributed by atoms with Crippen LogP contribution in [0.25, 0.3) is 0 Å². The monoisotopic (exact) mass is 375 g/mol. The predicted molar refractivity (Wildman–Crippen MR) is 100.0 cm³/mol. The van der Waals surface area contributed by atoms with Gasteiger partial charge in [0.15, 0.2) is 0 Å². The zero-order valence-electron chi connectivity index (χ0n) is 13.8. The Morgan fingerprint density at radius 1 is 1.29 bits per heavy atom. The molecule has 2 unspecified atom stereocenters. The van der Waals surface area contributed by atoms with Crippen molar-refractivity contribution in [2.75, 3.05) is 32.8 Å². The summed E-state index contributed by atoms with van der Waals surface area (Å²) >= 11 is 0. The van der Waals surface area contributed by atoms with E-state index in [1.807, 2.05) is 6.07 Å². The highest BCUT2D eigenvalue weighted by Crippen LogP contribution is 2.14. The zero-order chi connectivity index (χ0) is 15.2. The number of piperidine rings is 1. The Labute approximate surface area is 156 Å². The first-order chi connectivity index (χ1) is 10.8. The Morgan fingerprint density at radius 2 is 2.08 bits per heavy atom. The fraction of sp³-hybridized carbons (Fsp3) is 0.588. The summed E-state index contributed by atoms with van der Waals surface area (Å²) in [6.45, 7) is 4.91. The number of hydrogen-bond donors (Lipinski definition) is 2. The lowest BCUT2D eigenvalue weighted by atomic mass is 10.0. The van der Waals surface area contributed by atoms with E-state index in [0.29, 0.717) is 13.2 Å². The lowest BCUT2D eigenvalue weighted by Gasteiger charge is -2.34. The van der Waals surface area contributed by atoms with Crippen molar-refractivity contribution in [1.29, 1.82) is 0 Å². The molecule has 0 aliphatic carbocycles. The molecule has 1 aromatic carbocycles. The minimum atomic E-state index is -0.196. The van der Waals surface area contributed by atoms with Gasteiger partial charge in [0.1, 0.15) is 6.04 Å². The van der Waals surface area contributed by atoms with Crippen LogP contribution in [0.5, 0.6) is 0 Å². The normalized spacial score (nSPS) is 24.3. The molecule has 3 rings (SSSR count). The van der Waals surface area contributed by atoms with Gasteiger partial charge in [-0.15, -0.1) is 24.8 Å². The van der Waals surface area contributed by atoms with Crippen molar-refractivity contribution in [3.63, 3.8) is 0 Å². The number of amides is 1. The second-order valence-electron chi connectivity index (χ2n) is 6.15. The van der Waals surface area contributed by atoms with Crippen LogP contribution in [0.2, 0.25) is 0 Å². The second kappa shape index (κ2) is 10.9. The van der Waals surface area contributed by atoms with Crippen LogP contribution in [0.3, 0.4) is 0 Å². The van der Waals surface area contributed by atoms with Crippen molar-refractivity contribution in [2.45, 2.75) is 31.5 Å². The zero-order valence-corrected chi connectivity index (χ0v) is 15.4.